The van der Waals surface area contributed by atoms with Crippen LogP contribution in [-0.2, 0) is 16.1 Å². The first-order valence-electron chi connectivity index (χ1n) is 11.1. The van der Waals surface area contributed by atoms with E-state index in [9.17, 15) is 10.1 Å². The van der Waals surface area contributed by atoms with Gasteiger partial charge in [-0.15, -0.1) is 0 Å². The molecule has 3 heterocycles. The van der Waals surface area contributed by atoms with Gasteiger partial charge in [0.2, 0.25) is 5.91 Å². The number of nitriles is 1. The smallest absolute Gasteiger partial charge is 0.235 e. The summed E-state index contributed by atoms with van der Waals surface area (Å²) < 4.78 is 9.82. The molecule has 1 unspecified atom stereocenters. The van der Waals surface area contributed by atoms with Crippen molar-refractivity contribution in [3.63, 3.8) is 0 Å². The minimum atomic E-state index is -0.168. The number of nitrogens with zero attached hydrogens (tertiary/aromatic N) is 4. The van der Waals surface area contributed by atoms with Crippen LogP contribution in [0.2, 0.25) is 0 Å². The first-order chi connectivity index (χ1) is 15.9. The lowest BCUT2D eigenvalue weighted by atomic mass is 10.1. The summed E-state index contributed by atoms with van der Waals surface area (Å²) in [5, 5.41) is 13.5. The molecule has 2 aromatic heterocycles. The van der Waals surface area contributed by atoms with E-state index in [-0.39, 0.29) is 17.8 Å². The number of hydrogen-bond donors (Lipinski definition) is 1. The maximum absolute atomic E-state index is 12.9. The lowest BCUT2D eigenvalue weighted by Gasteiger charge is -2.17. The summed E-state index contributed by atoms with van der Waals surface area (Å²) in [6.45, 7) is 9.47. The fourth-order valence-corrected chi connectivity index (χ4v) is 4.99. The molecule has 1 aliphatic heterocycles. The molecule has 0 aliphatic carbocycles. The van der Waals surface area contributed by atoms with Gasteiger partial charge in [-0.05, 0) is 63.3 Å². The maximum atomic E-state index is 12.9. The molecule has 0 saturated carbocycles. The number of aryl methyl sites for hydroxylation is 1. The number of imidazole rings is 1. The minimum absolute atomic E-state index is 0.108. The van der Waals surface area contributed by atoms with Crippen molar-refractivity contribution in [2.24, 2.45) is 0 Å². The number of nitrogens with one attached hydrogen (secondary N) is 1. The second-order valence-corrected chi connectivity index (χ2v) is 9.37. The van der Waals surface area contributed by atoms with Crippen molar-refractivity contribution in [3.8, 4) is 11.8 Å². The summed E-state index contributed by atoms with van der Waals surface area (Å²) >= 11 is 1.38. The Morgan fingerprint density at radius 1 is 1.30 bits per heavy atom. The third-order valence-corrected chi connectivity index (χ3v) is 7.35. The molecule has 1 fully saturated rings. The molecule has 8 heteroatoms. The van der Waals surface area contributed by atoms with Gasteiger partial charge in [0.15, 0.2) is 5.16 Å². The Morgan fingerprint density at radius 2 is 2.12 bits per heavy atom. The van der Waals surface area contributed by atoms with E-state index in [1.165, 1.54) is 22.9 Å². The highest BCUT2D eigenvalue weighted by molar-refractivity contribution is 7.99. The highest BCUT2D eigenvalue weighted by Crippen LogP contribution is 2.29. The Bertz CT molecular complexity index is 1210. The Balaban J connectivity index is 1.51. The highest BCUT2D eigenvalue weighted by atomic mass is 32.2. The first-order valence-corrected chi connectivity index (χ1v) is 12.1. The topological polar surface area (TPSA) is 84.9 Å². The van der Waals surface area contributed by atoms with E-state index < -0.39 is 0 Å². The lowest BCUT2D eigenvalue weighted by molar-refractivity contribution is -0.113. The Morgan fingerprint density at radius 3 is 2.85 bits per heavy atom. The molecule has 3 aromatic rings. The molecule has 33 heavy (non-hydrogen) atoms. The molecular weight excluding hydrogens is 434 g/mol. The van der Waals surface area contributed by atoms with Gasteiger partial charge in [0.25, 0.3) is 0 Å². The largest absolute Gasteiger partial charge is 0.376 e. The van der Waals surface area contributed by atoms with Crippen molar-refractivity contribution >= 4 is 23.5 Å². The zero-order valence-electron chi connectivity index (χ0n) is 19.5. The number of carbonyl (C=O) groups is 1. The second-order valence-electron chi connectivity index (χ2n) is 8.43. The number of amides is 1. The number of thioether (sulfide) groups is 1. The van der Waals surface area contributed by atoms with Gasteiger partial charge in [-0.1, -0.05) is 23.9 Å². The molecule has 172 valence electrons. The van der Waals surface area contributed by atoms with E-state index in [2.05, 4.69) is 42.4 Å². The zero-order chi connectivity index (χ0) is 23.5. The number of anilines is 1. The normalized spacial score (nSPS) is 15.5. The first kappa shape index (κ1) is 23.1. The van der Waals surface area contributed by atoms with Crippen LogP contribution in [-0.4, -0.2) is 38.5 Å². The van der Waals surface area contributed by atoms with E-state index in [1.807, 2.05) is 35.2 Å². The van der Waals surface area contributed by atoms with Crippen molar-refractivity contribution in [2.75, 3.05) is 17.7 Å². The number of hydrogen-bond acceptors (Lipinski definition) is 5. The molecule has 0 bridgehead atoms. The fraction of sp³-hybridized carbons (Fsp3) is 0.400. The summed E-state index contributed by atoms with van der Waals surface area (Å²) in [6.07, 6.45) is 5.80. The van der Waals surface area contributed by atoms with Crippen LogP contribution >= 0.6 is 11.8 Å². The zero-order valence-corrected chi connectivity index (χ0v) is 20.3. The van der Waals surface area contributed by atoms with Crippen molar-refractivity contribution in [1.29, 1.82) is 5.26 Å². The molecule has 7 nitrogen and oxygen atoms in total. The van der Waals surface area contributed by atoms with Crippen molar-refractivity contribution < 1.29 is 9.53 Å². The molecule has 1 N–H and O–H groups in total. The molecular formula is C25H29N5O2S. The van der Waals surface area contributed by atoms with Gasteiger partial charge in [-0.25, -0.2) is 4.98 Å². The summed E-state index contributed by atoms with van der Waals surface area (Å²) in [4.78, 5) is 17.4. The average Bonchev–Trinajstić information content (AvgIpc) is 3.53. The van der Waals surface area contributed by atoms with Gasteiger partial charge in [-0.2, -0.15) is 5.26 Å². The molecule has 0 radical (unpaired) electrons. The summed E-state index contributed by atoms with van der Waals surface area (Å²) in [5.41, 5.74) is 5.83. The Hall–Kier alpha value is -3.02. The van der Waals surface area contributed by atoms with Crippen LogP contribution in [0.5, 0.6) is 0 Å². The Labute approximate surface area is 198 Å². The maximum Gasteiger partial charge on any atom is 0.235 e. The molecule has 1 saturated heterocycles. The molecule has 1 atom stereocenters. The molecule has 4 rings (SSSR count). The average molecular weight is 464 g/mol. The summed E-state index contributed by atoms with van der Waals surface area (Å²) in [6, 6.07) is 8.42. The third kappa shape index (κ3) is 4.70. The number of carbonyl (C=O) groups excluding carboxylic acids is 1. The van der Waals surface area contributed by atoms with Crippen molar-refractivity contribution in [2.45, 2.75) is 58.3 Å². The van der Waals surface area contributed by atoms with Crippen LogP contribution in [0.4, 0.5) is 5.82 Å². The van der Waals surface area contributed by atoms with Crippen LogP contribution in [0.15, 0.2) is 35.7 Å². The SMILES string of the molecule is Cc1cccc(-n2ccnc2SCC(=O)Nc2c(C#N)c(C)c(C)n2CC2CCCO2)c1C. The van der Waals surface area contributed by atoms with Crippen LogP contribution < -0.4 is 5.32 Å². The van der Waals surface area contributed by atoms with Crippen LogP contribution in [0.1, 0.15) is 40.8 Å². The van der Waals surface area contributed by atoms with Crippen molar-refractivity contribution in [1.82, 2.24) is 14.1 Å². The standard InChI is InChI=1S/C25H29N5O2S/c1-16-7-5-9-22(17(16)2)29-11-10-27-25(29)33-15-23(31)28-24-21(13-26)18(3)19(4)30(24)14-20-8-6-12-32-20/h5,7,9-11,20H,6,8,12,14-15H2,1-4H3,(H,28,31). The molecule has 1 aromatic carbocycles. The van der Waals surface area contributed by atoms with Gasteiger partial charge >= 0.3 is 0 Å². The van der Waals surface area contributed by atoms with Crippen LogP contribution in [0.25, 0.3) is 5.69 Å². The fourth-order valence-electron chi connectivity index (χ4n) is 4.23. The van der Waals surface area contributed by atoms with Crippen molar-refractivity contribution in [3.05, 3.63) is 58.5 Å². The van der Waals surface area contributed by atoms with Crippen LogP contribution in [0, 0.1) is 39.0 Å². The molecule has 1 aliphatic rings. The summed E-state index contributed by atoms with van der Waals surface area (Å²) in [5.74, 6) is 0.584. The predicted molar refractivity (Wildman–Crippen MR) is 130 cm³/mol. The van der Waals surface area contributed by atoms with E-state index >= 15 is 0 Å². The van der Waals surface area contributed by atoms with E-state index in [4.69, 9.17) is 4.74 Å². The molecule has 0 spiro atoms. The van der Waals surface area contributed by atoms with Gasteiger partial charge in [0.05, 0.1) is 29.7 Å². The highest BCUT2D eigenvalue weighted by Gasteiger charge is 2.24. The number of ether oxygens (including phenoxy) is 1. The van der Waals surface area contributed by atoms with Gasteiger partial charge < -0.3 is 14.6 Å². The molecule has 1 amide bonds. The van der Waals surface area contributed by atoms with Crippen LogP contribution in [0.3, 0.4) is 0 Å². The predicted octanol–water partition coefficient (Wildman–Crippen LogP) is 4.69. The van der Waals surface area contributed by atoms with E-state index in [0.29, 0.717) is 17.9 Å². The van der Waals surface area contributed by atoms with Gasteiger partial charge in [-0.3, -0.25) is 9.36 Å². The Kier molecular flexibility index (Phi) is 6.91. The number of rotatable bonds is 7. The lowest BCUT2D eigenvalue weighted by Crippen LogP contribution is -2.22. The summed E-state index contributed by atoms with van der Waals surface area (Å²) in [7, 11) is 0. The minimum Gasteiger partial charge on any atom is -0.376 e. The third-order valence-electron chi connectivity index (χ3n) is 6.38. The number of benzene rings is 1. The van der Waals surface area contributed by atoms with E-state index in [0.717, 1.165) is 41.5 Å². The van der Waals surface area contributed by atoms with Gasteiger partial charge in [0.1, 0.15) is 11.9 Å². The number of aromatic nitrogens is 3. The quantitative estimate of drug-likeness (QED) is 0.514. The monoisotopic (exact) mass is 463 g/mol. The second kappa shape index (κ2) is 9.86. The van der Waals surface area contributed by atoms with E-state index in [1.54, 1.807) is 6.20 Å². The van der Waals surface area contributed by atoms with Gasteiger partial charge in [0, 0.05) is 24.7 Å².